The van der Waals surface area contributed by atoms with Crippen molar-refractivity contribution in [1.29, 1.82) is 0 Å². The molecule has 5 nitrogen and oxygen atoms in total. The highest BCUT2D eigenvalue weighted by Gasteiger charge is 2.36. The summed E-state index contributed by atoms with van der Waals surface area (Å²) < 4.78 is 5.21. The Morgan fingerprint density at radius 2 is 1.88 bits per heavy atom. The summed E-state index contributed by atoms with van der Waals surface area (Å²) in [5.74, 6) is -0.0548. The number of benzene rings is 1. The zero-order valence-electron chi connectivity index (χ0n) is 15.9. The minimum atomic E-state index is -0.270. The van der Waals surface area contributed by atoms with E-state index < -0.39 is 0 Å². The van der Waals surface area contributed by atoms with Crippen LogP contribution in [0.1, 0.15) is 50.2 Å². The molecule has 0 spiro atoms. The first-order chi connectivity index (χ1) is 12.6. The fraction of sp³-hybridized carbons (Fsp3) is 0.619. The predicted molar refractivity (Wildman–Crippen MR) is 101 cm³/mol. The highest BCUT2D eigenvalue weighted by Crippen LogP contribution is 2.29. The van der Waals surface area contributed by atoms with Crippen molar-refractivity contribution in [2.24, 2.45) is 0 Å². The Morgan fingerprint density at radius 3 is 2.54 bits per heavy atom. The zero-order chi connectivity index (χ0) is 18.5. The number of hydrogen-bond acceptors (Lipinski definition) is 4. The molecule has 1 aromatic carbocycles. The van der Waals surface area contributed by atoms with Crippen molar-refractivity contribution in [2.45, 2.75) is 64.6 Å². The summed E-state index contributed by atoms with van der Waals surface area (Å²) in [6.07, 6.45) is 5.00. The minimum Gasteiger partial charge on any atom is -0.465 e. The molecule has 3 rings (SSSR count). The van der Waals surface area contributed by atoms with E-state index in [2.05, 4.69) is 31.2 Å². The number of rotatable bonds is 7. The smallest absolute Gasteiger partial charge is 0.323 e. The summed E-state index contributed by atoms with van der Waals surface area (Å²) in [6, 6.07) is 8.46. The molecule has 1 aliphatic carbocycles. The maximum absolute atomic E-state index is 13.0. The Hall–Kier alpha value is -1.88. The van der Waals surface area contributed by atoms with Crippen molar-refractivity contribution in [1.82, 2.24) is 9.80 Å². The summed E-state index contributed by atoms with van der Waals surface area (Å²) in [6.45, 7) is 6.04. The average Bonchev–Trinajstić information content (AvgIpc) is 3.46. The first-order valence-electron chi connectivity index (χ1n) is 9.84. The van der Waals surface area contributed by atoms with Gasteiger partial charge in [0.05, 0.1) is 13.2 Å². The van der Waals surface area contributed by atoms with Gasteiger partial charge in [0.15, 0.2) is 0 Å². The number of aryl methyl sites for hydroxylation is 1. The predicted octanol–water partition coefficient (Wildman–Crippen LogP) is 2.90. The lowest BCUT2D eigenvalue weighted by Crippen LogP contribution is -2.50. The first kappa shape index (κ1) is 18.9. The molecule has 1 heterocycles. The SMILES string of the molecule is CCOC(=O)C1CCCCN1CC(=O)N(Cc1ccc(C)cc1)C1CC1. The topological polar surface area (TPSA) is 49.9 Å². The van der Waals surface area contributed by atoms with Crippen molar-refractivity contribution in [3.05, 3.63) is 35.4 Å². The maximum atomic E-state index is 13.0. The van der Waals surface area contributed by atoms with Crippen LogP contribution < -0.4 is 0 Å². The highest BCUT2D eigenvalue weighted by molar-refractivity contribution is 5.81. The molecule has 0 radical (unpaired) electrons. The summed E-state index contributed by atoms with van der Waals surface area (Å²) in [7, 11) is 0. The molecule has 1 unspecified atom stereocenters. The van der Waals surface area contributed by atoms with Gasteiger partial charge < -0.3 is 9.64 Å². The molecule has 2 fully saturated rings. The Morgan fingerprint density at radius 1 is 1.15 bits per heavy atom. The van der Waals surface area contributed by atoms with Crippen LogP contribution in [-0.4, -0.2) is 53.5 Å². The van der Waals surface area contributed by atoms with Gasteiger partial charge in [-0.1, -0.05) is 36.2 Å². The molecule has 1 atom stereocenters. The summed E-state index contributed by atoms with van der Waals surface area (Å²) in [4.78, 5) is 29.3. The van der Waals surface area contributed by atoms with Gasteiger partial charge in [0.1, 0.15) is 6.04 Å². The van der Waals surface area contributed by atoms with Gasteiger partial charge in [0.2, 0.25) is 5.91 Å². The number of carbonyl (C=O) groups excluding carboxylic acids is 2. The molecule has 1 aromatic rings. The van der Waals surface area contributed by atoms with Crippen LogP contribution >= 0.6 is 0 Å². The number of carbonyl (C=O) groups is 2. The lowest BCUT2D eigenvalue weighted by Gasteiger charge is -2.35. The number of amides is 1. The van der Waals surface area contributed by atoms with E-state index in [0.717, 1.165) is 44.2 Å². The molecule has 1 amide bonds. The normalized spacial score (nSPS) is 20.6. The number of hydrogen-bond donors (Lipinski definition) is 0. The zero-order valence-corrected chi connectivity index (χ0v) is 15.9. The number of likely N-dealkylation sites (tertiary alicyclic amines) is 1. The highest BCUT2D eigenvalue weighted by atomic mass is 16.5. The third-order valence-electron chi connectivity index (χ3n) is 5.29. The van der Waals surface area contributed by atoms with Gasteiger partial charge in [-0.2, -0.15) is 0 Å². The Kier molecular flexibility index (Phi) is 6.30. The number of ether oxygens (including phenoxy) is 1. The quantitative estimate of drug-likeness (QED) is 0.703. The van der Waals surface area contributed by atoms with Crippen LogP contribution in [0.4, 0.5) is 0 Å². The van der Waals surface area contributed by atoms with E-state index in [-0.39, 0.29) is 17.9 Å². The molecule has 0 aromatic heterocycles. The van der Waals surface area contributed by atoms with E-state index in [1.54, 1.807) is 0 Å². The van der Waals surface area contributed by atoms with Gasteiger partial charge in [-0.25, -0.2) is 0 Å². The fourth-order valence-electron chi connectivity index (χ4n) is 3.65. The lowest BCUT2D eigenvalue weighted by molar-refractivity contribution is -0.152. The van der Waals surface area contributed by atoms with Crippen LogP contribution in [-0.2, 0) is 20.9 Å². The van der Waals surface area contributed by atoms with E-state index in [1.807, 2.05) is 16.7 Å². The van der Waals surface area contributed by atoms with Crippen molar-refractivity contribution < 1.29 is 14.3 Å². The molecule has 1 aliphatic heterocycles. The molecule has 1 saturated carbocycles. The molecule has 1 saturated heterocycles. The average molecular weight is 358 g/mol. The van der Waals surface area contributed by atoms with Crippen LogP contribution in [0, 0.1) is 6.92 Å². The van der Waals surface area contributed by atoms with Crippen LogP contribution in [0.3, 0.4) is 0 Å². The van der Waals surface area contributed by atoms with E-state index in [1.165, 1.54) is 5.56 Å². The van der Waals surface area contributed by atoms with Gasteiger partial charge in [0, 0.05) is 12.6 Å². The Balaban J connectivity index is 1.65. The third kappa shape index (κ3) is 4.85. The minimum absolute atomic E-state index is 0.129. The van der Waals surface area contributed by atoms with Crippen molar-refractivity contribution in [2.75, 3.05) is 19.7 Å². The Labute approximate surface area is 156 Å². The van der Waals surface area contributed by atoms with Crippen molar-refractivity contribution >= 4 is 11.9 Å². The van der Waals surface area contributed by atoms with E-state index in [4.69, 9.17) is 4.74 Å². The molecular weight excluding hydrogens is 328 g/mol. The van der Waals surface area contributed by atoms with Crippen LogP contribution in [0.15, 0.2) is 24.3 Å². The number of esters is 1. The molecule has 5 heteroatoms. The summed E-state index contributed by atoms with van der Waals surface area (Å²) >= 11 is 0. The number of nitrogens with zero attached hydrogens (tertiary/aromatic N) is 2. The van der Waals surface area contributed by atoms with Gasteiger partial charge in [-0.3, -0.25) is 14.5 Å². The molecule has 0 bridgehead atoms. The lowest BCUT2D eigenvalue weighted by atomic mass is 10.0. The van der Waals surface area contributed by atoms with E-state index in [0.29, 0.717) is 25.7 Å². The first-order valence-corrected chi connectivity index (χ1v) is 9.84. The second kappa shape index (κ2) is 8.67. The van der Waals surface area contributed by atoms with Gasteiger partial charge in [0.25, 0.3) is 0 Å². The largest absolute Gasteiger partial charge is 0.465 e. The second-order valence-corrected chi connectivity index (χ2v) is 7.47. The summed E-state index contributed by atoms with van der Waals surface area (Å²) in [5, 5.41) is 0. The fourth-order valence-corrected chi connectivity index (χ4v) is 3.65. The van der Waals surface area contributed by atoms with Gasteiger partial charge in [-0.05, 0) is 51.6 Å². The molecular formula is C21H30N2O3. The van der Waals surface area contributed by atoms with Crippen LogP contribution in [0.25, 0.3) is 0 Å². The van der Waals surface area contributed by atoms with Crippen molar-refractivity contribution in [3.63, 3.8) is 0 Å². The maximum Gasteiger partial charge on any atom is 0.323 e. The molecule has 0 N–H and O–H groups in total. The van der Waals surface area contributed by atoms with Gasteiger partial charge in [-0.15, -0.1) is 0 Å². The van der Waals surface area contributed by atoms with Gasteiger partial charge >= 0.3 is 5.97 Å². The summed E-state index contributed by atoms with van der Waals surface area (Å²) in [5.41, 5.74) is 2.39. The second-order valence-electron chi connectivity index (χ2n) is 7.47. The number of piperidine rings is 1. The van der Waals surface area contributed by atoms with E-state index >= 15 is 0 Å². The monoisotopic (exact) mass is 358 g/mol. The standard InChI is InChI=1S/C21H30N2O3/c1-3-26-21(25)19-6-4-5-13-22(19)15-20(24)23(18-11-12-18)14-17-9-7-16(2)8-10-17/h7-10,18-19H,3-6,11-15H2,1-2H3. The molecule has 26 heavy (non-hydrogen) atoms. The molecule has 142 valence electrons. The van der Waals surface area contributed by atoms with E-state index in [9.17, 15) is 9.59 Å². The Bertz CT molecular complexity index is 625. The van der Waals surface area contributed by atoms with Crippen molar-refractivity contribution in [3.8, 4) is 0 Å². The van der Waals surface area contributed by atoms with Crippen LogP contribution in [0.5, 0.6) is 0 Å². The molecule has 2 aliphatic rings. The van der Waals surface area contributed by atoms with Crippen LogP contribution in [0.2, 0.25) is 0 Å². The third-order valence-corrected chi connectivity index (χ3v) is 5.29.